The van der Waals surface area contributed by atoms with Crippen LogP contribution in [0.4, 0.5) is 0 Å². The lowest BCUT2D eigenvalue weighted by Crippen LogP contribution is -2.22. The SMILES string of the molecule is CCCN1C=CC=C(c2cccc(O)c2)C1. The van der Waals surface area contributed by atoms with Gasteiger partial charge in [0.15, 0.2) is 0 Å². The van der Waals surface area contributed by atoms with Crippen LogP contribution >= 0.6 is 0 Å². The number of benzene rings is 1. The van der Waals surface area contributed by atoms with E-state index < -0.39 is 0 Å². The van der Waals surface area contributed by atoms with Gasteiger partial charge in [0.25, 0.3) is 0 Å². The van der Waals surface area contributed by atoms with Crippen LogP contribution in [0.2, 0.25) is 0 Å². The Morgan fingerprint density at radius 1 is 1.38 bits per heavy atom. The summed E-state index contributed by atoms with van der Waals surface area (Å²) in [7, 11) is 0. The summed E-state index contributed by atoms with van der Waals surface area (Å²) in [5, 5.41) is 9.45. The molecule has 2 heteroatoms. The van der Waals surface area contributed by atoms with Gasteiger partial charge in [-0.25, -0.2) is 0 Å². The average molecular weight is 215 g/mol. The molecule has 1 aromatic carbocycles. The van der Waals surface area contributed by atoms with Crippen molar-refractivity contribution in [1.82, 2.24) is 4.90 Å². The van der Waals surface area contributed by atoms with Crippen LogP contribution in [0.15, 0.2) is 42.6 Å². The molecule has 2 rings (SSSR count). The topological polar surface area (TPSA) is 23.5 Å². The summed E-state index contributed by atoms with van der Waals surface area (Å²) < 4.78 is 0. The van der Waals surface area contributed by atoms with E-state index in [2.05, 4.69) is 30.2 Å². The zero-order valence-corrected chi connectivity index (χ0v) is 9.56. The van der Waals surface area contributed by atoms with Crippen LogP contribution in [-0.2, 0) is 0 Å². The molecular formula is C14H17NO. The van der Waals surface area contributed by atoms with Crippen molar-refractivity contribution in [2.24, 2.45) is 0 Å². The van der Waals surface area contributed by atoms with Crippen molar-refractivity contribution in [1.29, 1.82) is 0 Å². The van der Waals surface area contributed by atoms with E-state index in [9.17, 15) is 5.11 Å². The van der Waals surface area contributed by atoms with Gasteiger partial charge in [-0.15, -0.1) is 0 Å². The summed E-state index contributed by atoms with van der Waals surface area (Å²) in [5.41, 5.74) is 2.36. The van der Waals surface area contributed by atoms with Crippen LogP contribution in [-0.4, -0.2) is 23.1 Å². The number of nitrogens with zero attached hydrogens (tertiary/aromatic N) is 1. The number of aromatic hydroxyl groups is 1. The molecule has 1 aliphatic rings. The third kappa shape index (κ3) is 2.45. The molecule has 16 heavy (non-hydrogen) atoms. The number of hydrogen-bond acceptors (Lipinski definition) is 2. The van der Waals surface area contributed by atoms with Gasteiger partial charge in [-0.1, -0.05) is 25.1 Å². The van der Waals surface area contributed by atoms with Gasteiger partial charge < -0.3 is 10.0 Å². The van der Waals surface area contributed by atoms with Gasteiger partial charge in [0, 0.05) is 13.1 Å². The maximum atomic E-state index is 9.45. The molecule has 1 aliphatic heterocycles. The first-order chi connectivity index (χ1) is 7.79. The zero-order chi connectivity index (χ0) is 11.4. The first kappa shape index (κ1) is 10.8. The second-order valence-electron chi connectivity index (χ2n) is 4.05. The molecular weight excluding hydrogens is 198 g/mol. The van der Waals surface area contributed by atoms with E-state index in [1.807, 2.05) is 18.2 Å². The first-order valence-electron chi connectivity index (χ1n) is 5.70. The lowest BCUT2D eigenvalue weighted by Gasteiger charge is -2.24. The lowest BCUT2D eigenvalue weighted by molar-refractivity contribution is 0.417. The Hall–Kier alpha value is -1.70. The van der Waals surface area contributed by atoms with Crippen molar-refractivity contribution in [2.45, 2.75) is 13.3 Å². The number of rotatable bonds is 3. The normalized spacial score (nSPS) is 15.1. The molecule has 0 saturated carbocycles. The van der Waals surface area contributed by atoms with Crippen LogP contribution in [0.5, 0.6) is 5.75 Å². The van der Waals surface area contributed by atoms with Crippen molar-refractivity contribution >= 4 is 5.57 Å². The van der Waals surface area contributed by atoms with Gasteiger partial charge in [0.1, 0.15) is 5.75 Å². The summed E-state index contributed by atoms with van der Waals surface area (Å²) in [6.45, 7) is 4.18. The molecule has 0 fully saturated rings. The largest absolute Gasteiger partial charge is 0.508 e. The van der Waals surface area contributed by atoms with E-state index in [-0.39, 0.29) is 0 Å². The minimum atomic E-state index is 0.329. The van der Waals surface area contributed by atoms with E-state index >= 15 is 0 Å². The van der Waals surface area contributed by atoms with E-state index in [0.717, 1.165) is 25.1 Å². The Balaban J connectivity index is 2.16. The van der Waals surface area contributed by atoms with Gasteiger partial charge >= 0.3 is 0 Å². The Bertz CT molecular complexity index is 420. The number of phenolic OH excluding ortho intramolecular Hbond substituents is 1. The molecule has 1 aromatic rings. The predicted molar refractivity (Wildman–Crippen MR) is 67.1 cm³/mol. The molecule has 1 N–H and O–H groups in total. The van der Waals surface area contributed by atoms with Gasteiger partial charge in [0.2, 0.25) is 0 Å². The molecule has 0 saturated heterocycles. The molecule has 0 aromatic heterocycles. The third-order valence-corrected chi connectivity index (χ3v) is 2.70. The molecule has 84 valence electrons. The molecule has 0 amide bonds. The van der Waals surface area contributed by atoms with Crippen LogP contribution in [0.1, 0.15) is 18.9 Å². The highest BCUT2D eigenvalue weighted by molar-refractivity contribution is 5.70. The van der Waals surface area contributed by atoms with Crippen LogP contribution in [0.3, 0.4) is 0 Å². The fourth-order valence-corrected chi connectivity index (χ4v) is 1.94. The van der Waals surface area contributed by atoms with Gasteiger partial charge in [0.05, 0.1) is 0 Å². The third-order valence-electron chi connectivity index (χ3n) is 2.70. The van der Waals surface area contributed by atoms with E-state index in [0.29, 0.717) is 5.75 Å². The lowest BCUT2D eigenvalue weighted by atomic mass is 10.0. The summed E-state index contributed by atoms with van der Waals surface area (Å²) in [6, 6.07) is 7.44. The summed E-state index contributed by atoms with van der Waals surface area (Å²) in [5.74, 6) is 0.329. The van der Waals surface area contributed by atoms with Crippen molar-refractivity contribution in [3.63, 3.8) is 0 Å². The Labute approximate surface area is 96.5 Å². The van der Waals surface area contributed by atoms with Gasteiger partial charge in [-0.05, 0) is 42.0 Å². The zero-order valence-electron chi connectivity index (χ0n) is 9.56. The molecule has 0 spiro atoms. The number of hydrogen-bond donors (Lipinski definition) is 1. The standard InChI is InChI=1S/C14H17NO/c1-2-8-15-9-4-6-13(11-15)12-5-3-7-14(16)10-12/h3-7,9-10,16H,2,8,11H2,1H3. The summed E-state index contributed by atoms with van der Waals surface area (Å²) in [4.78, 5) is 2.29. The van der Waals surface area contributed by atoms with E-state index in [1.54, 1.807) is 6.07 Å². The molecule has 0 atom stereocenters. The highest BCUT2D eigenvalue weighted by Gasteiger charge is 2.08. The molecule has 0 aliphatic carbocycles. The van der Waals surface area contributed by atoms with Crippen LogP contribution in [0, 0.1) is 0 Å². The molecule has 2 nitrogen and oxygen atoms in total. The highest BCUT2D eigenvalue weighted by Crippen LogP contribution is 2.22. The monoisotopic (exact) mass is 215 g/mol. The Morgan fingerprint density at radius 3 is 3.00 bits per heavy atom. The minimum absolute atomic E-state index is 0.329. The van der Waals surface area contributed by atoms with Crippen LogP contribution in [0.25, 0.3) is 5.57 Å². The predicted octanol–water partition coefficient (Wildman–Crippen LogP) is 3.01. The maximum absolute atomic E-state index is 9.45. The Morgan fingerprint density at radius 2 is 2.25 bits per heavy atom. The second-order valence-corrected chi connectivity index (χ2v) is 4.05. The van der Waals surface area contributed by atoms with E-state index in [1.165, 1.54) is 5.57 Å². The first-order valence-corrected chi connectivity index (χ1v) is 5.70. The minimum Gasteiger partial charge on any atom is -0.508 e. The molecule has 1 heterocycles. The van der Waals surface area contributed by atoms with Gasteiger partial charge in [-0.2, -0.15) is 0 Å². The summed E-state index contributed by atoms with van der Waals surface area (Å²) >= 11 is 0. The maximum Gasteiger partial charge on any atom is 0.116 e. The number of phenols is 1. The smallest absolute Gasteiger partial charge is 0.116 e. The molecule has 0 radical (unpaired) electrons. The fourth-order valence-electron chi connectivity index (χ4n) is 1.94. The van der Waals surface area contributed by atoms with Gasteiger partial charge in [-0.3, -0.25) is 0 Å². The van der Waals surface area contributed by atoms with Crippen LogP contribution < -0.4 is 0 Å². The fraction of sp³-hybridized carbons (Fsp3) is 0.286. The van der Waals surface area contributed by atoms with Crippen molar-refractivity contribution in [3.05, 3.63) is 48.2 Å². The van der Waals surface area contributed by atoms with Crippen molar-refractivity contribution < 1.29 is 5.11 Å². The summed E-state index contributed by atoms with van der Waals surface area (Å²) in [6.07, 6.45) is 7.45. The molecule has 0 unspecified atom stereocenters. The van der Waals surface area contributed by atoms with E-state index in [4.69, 9.17) is 0 Å². The number of allylic oxidation sites excluding steroid dienone is 2. The Kier molecular flexibility index (Phi) is 3.30. The average Bonchev–Trinajstić information content (AvgIpc) is 2.30. The highest BCUT2D eigenvalue weighted by atomic mass is 16.3. The van der Waals surface area contributed by atoms with Crippen molar-refractivity contribution in [2.75, 3.05) is 13.1 Å². The quantitative estimate of drug-likeness (QED) is 0.837. The second kappa shape index (κ2) is 4.88. The molecule has 0 bridgehead atoms. The van der Waals surface area contributed by atoms with Crippen molar-refractivity contribution in [3.8, 4) is 5.75 Å².